The molecule has 0 bridgehead atoms. The van der Waals surface area contributed by atoms with Gasteiger partial charge in [-0.05, 0) is 32.1 Å². The first-order valence-electron chi connectivity index (χ1n) is 15.3. The number of unbranched alkanes of at least 4 members (excludes halogenated alkanes) is 17. The van der Waals surface area contributed by atoms with Gasteiger partial charge in [0.15, 0.2) is 0 Å². The van der Waals surface area contributed by atoms with Crippen molar-refractivity contribution in [1.29, 1.82) is 0 Å². The quantitative estimate of drug-likeness (QED) is 0.116. The number of rotatable bonds is 26. The molecule has 0 saturated carbocycles. The lowest BCUT2D eigenvalue weighted by Gasteiger charge is -2.21. The third kappa shape index (κ3) is 20.7. The van der Waals surface area contributed by atoms with Crippen LogP contribution >= 0.6 is 0 Å². The Balaban J connectivity index is 4.32. The van der Waals surface area contributed by atoms with Crippen LogP contribution in [0.5, 0.6) is 0 Å². The summed E-state index contributed by atoms with van der Waals surface area (Å²) < 4.78 is 0. The molecule has 0 unspecified atom stereocenters. The summed E-state index contributed by atoms with van der Waals surface area (Å²) in [4.78, 5) is 38.1. The van der Waals surface area contributed by atoms with Crippen LogP contribution in [0.3, 0.4) is 0 Å². The van der Waals surface area contributed by atoms with Gasteiger partial charge in [0.2, 0.25) is 11.8 Å². The smallest absolute Gasteiger partial charge is 0.320 e. The largest absolute Gasteiger partial charge is 0.480 e. The number of hydrogen-bond acceptors (Lipinski definition) is 4. The van der Waals surface area contributed by atoms with Crippen LogP contribution in [-0.4, -0.2) is 40.4 Å². The molecule has 2 amide bonds. The fraction of sp³-hybridized carbons (Fsp3) is 0.900. The normalized spacial score (nSPS) is 12.0. The Kier molecular flexibility index (Phi) is 24.2. The molecular weight excluding hydrogens is 452 g/mol. The molecule has 1 atom stereocenters. The highest BCUT2D eigenvalue weighted by Crippen LogP contribution is 2.15. The molecule has 0 aliphatic rings. The first kappa shape index (κ1) is 34.6. The van der Waals surface area contributed by atoms with Gasteiger partial charge in [-0.15, -0.1) is 0 Å². The van der Waals surface area contributed by atoms with E-state index in [4.69, 9.17) is 10.8 Å². The topological polar surface area (TPSA) is 101 Å². The first-order chi connectivity index (χ1) is 17.4. The first-order valence-corrected chi connectivity index (χ1v) is 15.3. The number of amides is 2. The van der Waals surface area contributed by atoms with Crippen LogP contribution in [0.1, 0.15) is 162 Å². The summed E-state index contributed by atoms with van der Waals surface area (Å²) in [6, 6.07) is -0.881. The van der Waals surface area contributed by atoms with Crippen LogP contribution in [0.25, 0.3) is 0 Å². The monoisotopic (exact) mass is 510 g/mol. The van der Waals surface area contributed by atoms with E-state index < -0.39 is 12.0 Å². The standard InChI is InChI=1S/C30H58N2O4/c1-3-5-7-9-11-13-15-17-19-24-28(33)32(26-22-21-23-27(31)30(35)36)29(34)25-20-18-16-14-12-10-8-6-4-2/h27H,3-26,31H2,1-2H3,(H,35,36)/t27-/m0/s1. The molecule has 0 fully saturated rings. The summed E-state index contributed by atoms with van der Waals surface area (Å²) in [5, 5.41) is 8.95. The van der Waals surface area contributed by atoms with Gasteiger partial charge in [-0.2, -0.15) is 0 Å². The minimum atomic E-state index is -1.00. The van der Waals surface area contributed by atoms with E-state index in [9.17, 15) is 14.4 Å². The highest BCUT2D eigenvalue weighted by molar-refractivity contribution is 5.95. The zero-order chi connectivity index (χ0) is 26.9. The fourth-order valence-electron chi connectivity index (χ4n) is 4.59. The number of nitrogens with two attached hydrogens (primary N) is 1. The number of carbonyl (C=O) groups excluding carboxylic acids is 2. The SMILES string of the molecule is CCCCCCCCCCCC(=O)N(CCCC[C@H](N)C(=O)O)C(=O)CCCCCCCCCCC. The maximum Gasteiger partial charge on any atom is 0.320 e. The predicted octanol–water partition coefficient (Wildman–Crippen LogP) is 7.77. The molecule has 3 N–H and O–H groups in total. The second-order valence-corrected chi connectivity index (χ2v) is 10.5. The Hall–Kier alpha value is -1.43. The van der Waals surface area contributed by atoms with Crippen molar-refractivity contribution in [3.05, 3.63) is 0 Å². The van der Waals surface area contributed by atoms with Crippen LogP contribution in [0.15, 0.2) is 0 Å². The van der Waals surface area contributed by atoms with Crippen molar-refractivity contribution in [2.45, 2.75) is 168 Å². The van der Waals surface area contributed by atoms with Gasteiger partial charge in [-0.25, -0.2) is 0 Å². The number of nitrogens with zero attached hydrogens (tertiary/aromatic N) is 1. The van der Waals surface area contributed by atoms with Crippen molar-refractivity contribution in [1.82, 2.24) is 4.90 Å². The summed E-state index contributed by atoms with van der Waals surface area (Å²) >= 11 is 0. The van der Waals surface area contributed by atoms with Crippen LogP contribution < -0.4 is 5.73 Å². The van der Waals surface area contributed by atoms with E-state index in [-0.39, 0.29) is 11.8 Å². The van der Waals surface area contributed by atoms with Gasteiger partial charge >= 0.3 is 5.97 Å². The number of hydrogen-bond donors (Lipinski definition) is 2. The minimum absolute atomic E-state index is 0.0681. The zero-order valence-corrected chi connectivity index (χ0v) is 23.7. The number of carbonyl (C=O) groups is 3. The third-order valence-corrected chi connectivity index (χ3v) is 7.05. The van der Waals surface area contributed by atoms with Crippen molar-refractivity contribution < 1.29 is 19.5 Å². The molecular formula is C30H58N2O4. The fourth-order valence-corrected chi connectivity index (χ4v) is 4.59. The summed E-state index contributed by atoms with van der Waals surface area (Å²) in [5.74, 6) is -1.14. The summed E-state index contributed by atoms with van der Waals surface area (Å²) in [6.45, 7) is 4.83. The third-order valence-electron chi connectivity index (χ3n) is 7.05. The molecule has 0 aromatic carbocycles. The summed E-state index contributed by atoms with van der Waals surface area (Å²) in [5.41, 5.74) is 5.58. The van der Waals surface area contributed by atoms with Gasteiger partial charge in [0.1, 0.15) is 6.04 Å². The van der Waals surface area contributed by atoms with Crippen molar-refractivity contribution >= 4 is 17.8 Å². The van der Waals surface area contributed by atoms with Crippen molar-refractivity contribution in [3.8, 4) is 0 Å². The van der Waals surface area contributed by atoms with Gasteiger partial charge in [0, 0.05) is 19.4 Å². The number of carboxylic acids is 1. The minimum Gasteiger partial charge on any atom is -0.480 e. The van der Waals surface area contributed by atoms with Crippen LogP contribution in [-0.2, 0) is 14.4 Å². The van der Waals surface area contributed by atoms with Gasteiger partial charge in [-0.3, -0.25) is 19.3 Å². The van der Waals surface area contributed by atoms with Crippen molar-refractivity contribution in [3.63, 3.8) is 0 Å². The Bertz CT molecular complexity index is 519. The molecule has 0 heterocycles. The van der Waals surface area contributed by atoms with E-state index in [0.29, 0.717) is 38.6 Å². The number of aliphatic carboxylic acids is 1. The molecule has 6 nitrogen and oxygen atoms in total. The lowest BCUT2D eigenvalue weighted by Crippen LogP contribution is -2.37. The van der Waals surface area contributed by atoms with Gasteiger partial charge in [0.25, 0.3) is 0 Å². The lowest BCUT2D eigenvalue weighted by atomic mass is 10.1. The highest BCUT2D eigenvalue weighted by atomic mass is 16.4. The predicted molar refractivity (Wildman–Crippen MR) is 150 cm³/mol. The zero-order valence-electron chi connectivity index (χ0n) is 23.7. The van der Waals surface area contributed by atoms with Crippen LogP contribution in [0.2, 0.25) is 0 Å². The Morgan fingerprint density at radius 1 is 0.583 bits per heavy atom. The molecule has 0 aromatic rings. The molecule has 0 saturated heterocycles. The summed E-state index contributed by atoms with van der Waals surface area (Å²) in [7, 11) is 0. The summed E-state index contributed by atoms with van der Waals surface area (Å²) in [6.07, 6.45) is 23.9. The van der Waals surface area contributed by atoms with Gasteiger partial charge in [-0.1, -0.05) is 117 Å². The average molecular weight is 511 g/mol. The van der Waals surface area contributed by atoms with E-state index in [0.717, 1.165) is 38.5 Å². The highest BCUT2D eigenvalue weighted by Gasteiger charge is 2.20. The molecule has 0 rings (SSSR count). The average Bonchev–Trinajstić information content (AvgIpc) is 2.86. The van der Waals surface area contributed by atoms with E-state index in [1.54, 1.807) is 0 Å². The molecule has 0 aliphatic heterocycles. The Morgan fingerprint density at radius 3 is 1.31 bits per heavy atom. The van der Waals surface area contributed by atoms with E-state index >= 15 is 0 Å². The molecule has 0 spiro atoms. The van der Waals surface area contributed by atoms with Crippen molar-refractivity contribution in [2.24, 2.45) is 5.73 Å². The molecule has 36 heavy (non-hydrogen) atoms. The van der Waals surface area contributed by atoms with Gasteiger partial charge < -0.3 is 10.8 Å². The number of carboxylic acid groups (broad SMARTS) is 1. The maximum absolute atomic E-state index is 12.9. The second-order valence-electron chi connectivity index (χ2n) is 10.5. The molecule has 0 aromatic heterocycles. The lowest BCUT2D eigenvalue weighted by molar-refractivity contribution is -0.145. The van der Waals surface area contributed by atoms with Crippen molar-refractivity contribution in [2.75, 3.05) is 6.54 Å². The van der Waals surface area contributed by atoms with Crippen LogP contribution in [0.4, 0.5) is 0 Å². The maximum atomic E-state index is 12.9. The van der Waals surface area contributed by atoms with E-state index in [1.807, 2.05) is 0 Å². The van der Waals surface area contributed by atoms with Crippen LogP contribution in [0, 0.1) is 0 Å². The molecule has 0 radical (unpaired) electrons. The van der Waals surface area contributed by atoms with E-state index in [2.05, 4.69) is 13.8 Å². The second kappa shape index (κ2) is 25.2. The Labute approximate surface area is 222 Å². The number of imide groups is 1. The molecule has 212 valence electrons. The van der Waals surface area contributed by atoms with E-state index in [1.165, 1.54) is 81.9 Å². The molecule has 6 heteroatoms. The Morgan fingerprint density at radius 2 is 0.944 bits per heavy atom. The van der Waals surface area contributed by atoms with Gasteiger partial charge in [0.05, 0.1) is 0 Å². The molecule has 0 aliphatic carbocycles.